The van der Waals surface area contributed by atoms with Crippen molar-refractivity contribution in [2.24, 2.45) is 5.92 Å². The second kappa shape index (κ2) is 16.3. The summed E-state index contributed by atoms with van der Waals surface area (Å²) in [6, 6.07) is 2.16. The number of fused-ring (bicyclic) bond motifs is 2. The van der Waals surface area contributed by atoms with Crippen LogP contribution in [0.4, 0.5) is 14.0 Å². The van der Waals surface area contributed by atoms with Gasteiger partial charge in [0.1, 0.15) is 40.4 Å². The predicted molar refractivity (Wildman–Crippen MR) is 201 cm³/mol. The van der Waals surface area contributed by atoms with Crippen LogP contribution in [0.2, 0.25) is 0 Å². The first kappa shape index (κ1) is 40.5. The fraction of sp³-hybridized carbons (Fsp3) is 0.641. The molecule has 57 heavy (non-hydrogen) atoms. The van der Waals surface area contributed by atoms with E-state index in [4.69, 9.17) is 9.47 Å². The zero-order valence-electron chi connectivity index (χ0n) is 31.9. The minimum absolute atomic E-state index is 0.0236. The minimum Gasteiger partial charge on any atom is -0.446 e. The summed E-state index contributed by atoms with van der Waals surface area (Å²) >= 11 is 0. The third-order valence-corrected chi connectivity index (χ3v) is 14.5. The van der Waals surface area contributed by atoms with Gasteiger partial charge in [-0.3, -0.25) is 28.8 Å². The van der Waals surface area contributed by atoms with Crippen molar-refractivity contribution in [3.63, 3.8) is 0 Å². The predicted octanol–water partition coefficient (Wildman–Crippen LogP) is 2.79. The second-order valence-electron chi connectivity index (χ2n) is 16.3. The van der Waals surface area contributed by atoms with Gasteiger partial charge in [0.25, 0.3) is 5.91 Å². The van der Waals surface area contributed by atoms with Crippen molar-refractivity contribution >= 4 is 45.8 Å². The van der Waals surface area contributed by atoms with Crippen molar-refractivity contribution in [2.75, 3.05) is 13.1 Å². The van der Waals surface area contributed by atoms with Gasteiger partial charge in [0.15, 0.2) is 0 Å². The SMILES string of the molecule is C=C[C@@H]1C[C@@]12NC(=O)[C@@H]1C[C@@H](OC(=O)N3Cc4cccc(F)c4C3)CN1C(=O)[C@@H](NC(=O)OC1CCCC1)CCCCCCNC(=O)CC1(CC1)S(=O)(=O)NC2=O. The maximum Gasteiger partial charge on any atom is 0.410 e. The molecule has 5 atom stereocenters. The van der Waals surface area contributed by atoms with Gasteiger partial charge in [-0.15, -0.1) is 6.58 Å². The molecule has 0 radical (unpaired) electrons. The third kappa shape index (κ3) is 8.60. The molecule has 1 aromatic rings. The van der Waals surface area contributed by atoms with Crippen molar-refractivity contribution in [3.05, 3.63) is 47.8 Å². The van der Waals surface area contributed by atoms with Crippen LogP contribution in [0.25, 0.3) is 0 Å². The van der Waals surface area contributed by atoms with E-state index in [2.05, 4.69) is 27.3 Å². The van der Waals surface area contributed by atoms with E-state index in [1.54, 1.807) is 12.1 Å². The number of benzene rings is 1. The molecule has 7 rings (SSSR count). The highest BCUT2D eigenvalue weighted by Crippen LogP contribution is 2.48. The molecule has 6 amide bonds. The average Bonchev–Trinajstić information content (AvgIpc) is 3.84. The van der Waals surface area contributed by atoms with Gasteiger partial charge in [-0.2, -0.15) is 0 Å². The highest BCUT2D eigenvalue weighted by Gasteiger charge is 2.64. The Bertz CT molecular complexity index is 1920. The van der Waals surface area contributed by atoms with Crippen molar-refractivity contribution in [1.82, 2.24) is 30.5 Å². The highest BCUT2D eigenvalue weighted by molar-refractivity contribution is 7.91. The van der Waals surface area contributed by atoms with E-state index in [9.17, 15) is 41.6 Å². The van der Waals surface area contributed by atoms with Gasteiger partial charge in [-0.1, -0.05) is 37.5 Å². The Morgan fingerprint density at radius 3 is 2.40 bits per heavy atom. The molecular formula is C39H51FN6O10S. The van der Waals surface area contributed by atoms with E-state index in [0.717, 1.165) is 12.8 Å². The van der Waals surface area contributed by atoms with Crippen LogP contribution >= 0.6 is 0 Å². The van der Waals surface area contributed by atoms with Crippen molar-refractivity contribution < 1.29 is 51.0 Å². The molecule has 0 aromatic heterocycles. The highest BCUT2D eigenvalue weighted by atomic mass is 32.2. The quantitative estimate of drug-likeness (QED) is 0.327. The number of alkyl carbamates (subject to hydrolysis) is 1. The van der Waals surface area contributed by atoms with Crippen LogP contribution in [-0.2, 0) is 51.8 Å². The summed E-state index contributed by atoms with van der Waals surface area (Å²) in [6.07, 6.45) is 4.36. The first-order valence-electron chi connectivity index (χ1n) is 20.0. The van der Waals surface area contributed by atoms with Crippen molar-refractivity contribution in [1.29, 1.82) is 0 Å². The van der Waals surface area contributed by atoms with Gasteiger partial charge in [0.05, 0.1) is 13.1 Å². The number of nitrogens with one attached hydrogen (secondary N) is 4. The number of hydrogen-bond donors (Lipinski definition) is 4. The van der Waals surface area contributed by atoms with Crippen LogP contribution in [-0.4, -0.2) is 102 Å². The minimum atomic E-state index is -4.36. The summed E-state index contributed by atoms with van der Waals surface area (Å²) in [4.78, 5) is 84.6. The number of nitrogens with zero attached hydrogens (tertiary/aromatic N) is 2. The zero-order chi connectivity index (χ0) is 40.5. The van der Waals surface area contributed by atoms with E-state index < -0.39 is 86.0 Å². The zero-order valence-corrected chi connectivity index (χ0v) is 32.7. The molecular weight excluding hydrogens is 764 g/mol. The smallest absolute Gasteiger partial charge is 0.410 e. The molecule has 2 saturated heterocycles. The lowest BCUT2D eigenvalue weighted by molar-refractivity contribution is -0.141. The van der Waals surface area contributed by atoms with Crippen molar-refractivity contribution in [2.45, 2.75) is 138 Å². The molecule has 16 nitrogen and oxygen atoms in total. The van der Waals surface area contributed by atoms with E-state index in [1.807, 2.05) is 0 Å². The third-order valence-electron chi connectivity index (χ3n) is 12.3. The topological polar surface area (TPSA) is 210 Å². The number of rotatable bonds is 4. The van der Waals surface area contributed by atoms with E-state index >= 15 is 0 Å². The van der Waals surface area contributed by atoms with E-state index in [-0.39, 0.29) is 64.3 Å². The molecule has 4 N–H and O–H groups in total. The maximum atomic E-state index is 14.5. The molecule has 3 aliphatic carbocycles. The Morgan fingerprint density at radius 1 is 0.965 bits per heavy atom. The summed E-state index contributed by atoms with van der Waals surface area (Å²) in [5.74, 6) is -3.96. The molecule has 310 valence electrons. The standard InChI is InChI=1S/C39H51FN6O10S/c1-2-25-19-39(25)35(50)44-57(53,54)38(15-16-38)20-32(47)41-17-8-4-3-5-14-30(42-36(51)55-26-11-6-7-12-26)34(49)46-22-27(18-31(46)33(48)43-39)56-37(52)45-21-24-10-9-13-29(40)28(24)23-45/h2,9-10,13,25-27,30-31H,1,3-8,11-12,14-23H2,(H,41,47)(H,42,51)(H,43,48)(H,44,50)/t25-,27-,30+,31+,39-/m1/s1. The number of sulfonamides is 1. The molecule has 5 fully saturated rings. The number of amides is 6. The van der Waals surface area contributed by atoms with Crippen LogP contribution in [0.15, 0.2) is 30.9 Å². The summed E-state index contributed by atoms with van der Waals surface area (Å²) < 4.78 is 53.8. The first-order valence-corrected chi connectivity index (χ1v) is 21.5. The van der Waals surface area contributed by atoms with Crippen LogP contribution in [0.5, 0.6) is 0 Å². The van der Waals surface area contributed by atoms with Crippen LogP contribution < -0.4 is 20.7 Å². The average molecular weight is 815 g/mol. The second-order valence-corrected chi connectivity index (χ2v) is 18.4. The van der Waals surface area contributed by atoms with Crippen LogP contribution in [0.1, 0.15) is 101 Å². The Morgan fingerprint density at radius 2 is 1.70 bits per heavy atom. The van der Waals surface area contributed by atoms with Gasteiger partial charge in [0.2, 0.25) is 27.7 Å². The lowest BCUT2D eigenvalue weighted by Crippen LogP contribution is -2.59. The Balaban J connectivity index is 1.14. The first-order chi connectivity index (χ1) is 27.2. The maximum absolute atomic E-state index is 14.5. The van der Waals surface area contributed by atoms with Crippen LogP contribution in [0.3, 0.4) is 0 Å². The molecule has 3 heterocycles. The number of carbonyl (C=O) groups excluding carboxylic acids is 6. The molecule has 18 heteroatoms. The van der Waals surface area contributed by atoms with Gasteiger partial charge in [-0.05, 0) is 69.4 Å². The lowest BCUT2D eigenvalue weighted by atomic mass is 10.0. The number of ether oxygens (including phenoxy) is 2. The van der Waals surface area contributed by atoms with Gasteiger partial charge >= 0.3 is 12.2 Å². The molecule has 0 bridgehead atoms. The molecule has 2 spiro atoms. The summed E-state index contributed by atoms with van der Waals surface area (Å²) in [7, 11) is -4.36. The monoisotopic (exact) mass is 814 g/mol. The van der Waals surface area contributed by atoms with Gasteiger partial charge in [0, 0.05) is 37.4 Å². The Labute approximate surface area is 331 Å². The van der Waals surface area contributed by atoms with Gasteiger partial charge < -0.3 is 30.3 Å². The van der Waals surface area contributed by atoms with Gasteiger partial charge in [-0.25, -0.2) is 22.4 Å². The number of halogens is 1. The van der Waals surface area contributed by atoms with Crippen LogP contribution in [0, 0.1) is 11.7 Å². The molecule has 0 unspecified atom stereocenters. The molecule has 1 aromatic carbocycles. The summed E-state index contributed by atoms with van der Waals surface area (Å²) in [5.41, 5.74) is -0.713. The summed E-state index contributed by atoms with van der Waals surface area (Å²) in [6.45, 7) is 3.91. The molecule has 6 aliphatic rings. The Hall–Kier alpha value is -4.74. The Kier molecular flexibility index (Phi) is 11.5. The summed E-state index contributed by atoms with van der Waals surface area (Å²) in [5, 5.41) is 8.20. The largest absolute Gasteiger partial charge is 0.446 e. The lowest BCUT2D eigenvalue weighted by Gasteiger charge is -2.30. The fourth-order valence-electron chi connectivity index (χ4n) is 8.64. The number of carbonyl (C=O) groups is 6. The normalized spacial score (nSPS) is 30.4. The van der Waals surface area contributed by atoms with E-state index in [0.29, 0.717) is 56.2 Å². The van der Waals surface area contributed by atoms with E-state index in [1.165, 1.54) is 21.9 Å². The fourth-order valence-corrected chi connectivity index (χ4v) is 10.2. The number of hydrogen-bond acceptors (Lipinski definition) is 10. The molecule has 3 aliphatic heterocycles. The van der Waals surface area contributed by atoms with Crippen molar-refractivity contribution in [3.8, 4) is 0 Å². The molecule has 3 saturated carbocycles.